The molecule has 0 aliphatic carbocycles. The van der Waals surface area contributed by atoms with Gasteiger partial charge in [-0.05, 0) is 81.7 Å². The largest absolute Gasteiger partial charge is 0.495 e. The molecule has 122 valence electrons. The first-order valence-electron chi connectivity index (χ1n) is 7.85. The van der Waals surface area contributed by atoms with E-state index in [1.807, 2.05) is 0 Å². The summed E-state index contributed by atoms with van der Waals surface area (Å²) in [7, 11) is -0.352. The molecule has 0 unspecified atom stereocenters. The average Bonchev–Trinajstić information content (AvgIpc) is 2.58. The fourth-order valence-corrected chi connectivity index (χ4v) is 3.68. The first-order valence-corrected chi connectivity index (χ1v) is 8.48. The lowest BCUT2D eigenvalue weighted by Gasteiger charge is -2.32. The van der Waals surface area contributed by atoms with E-state index in [0.29, 0.717) is 12.3 Å². The Morgan fingerprint density at radius 3 is 1.77 bits per heavy atom. The van der Waals surface area contributed by atoms with Gasteiger partial charge >= 0.3 is 7.12 Å². The minimum atomic E-state index is -0.352. The van der Waals surface area contributed by atoms with E-state index in [-0.39, 0.29) is 18.3 Å². The van der Waals surface area contributed by atoms with Gasteiger partial charge in [0, 0.05) is 12.3 Å². The first kappa shape index (κ1) is 17.9. The third-order valence-electron chi connectivity index (χ3n) is 5.47. The molecule has 0 aromatic heterocycles. The van der Waals surface area contributed by atoms with Gasteiger partial charge < -0.3 is 15.0 Å². The molecule has 2 N–H and O–H groups in total. The smallest absolute Gasteiger partial charge is 0.399 e. The maximum absolute atomic E-state index is 6.26. The van der Waals surface area contributed by atoms with E-state index < -0.39 is 0 Å². The quantitative estimate of drug-likeness (QED) is 0.665. The summed E-state index contributed by atoms with van der Waals surface area (Å²) in [4.78, 5) is 0. The van der Waals surface area contributed by atoms with Gasteiger partial charge in [-0.1, -0.05) is 0 Å². The van der Waals surface area contributed by atoms with Crippen molar-refractivity contribution in [1.29, 1.82) is 0 Å². The summed E-state index contributed by atoms with van der Waals surface area (Å²) >= 11 is 4.51. The molecule has 22 heavy (non-hydrogen) atoms. The lowest BCUT2D eigenvalue weighted by atomic mass is 9.70. The van der Waals surface area contributed by atoms with Crippen LogP contribution in [0.2, 0.25) is 0 Å². The topological polar surface area (TPSA) is 44.5 Å². The molecule has 0 bridgehead atoms. The second-order valence-corrected chi connectivity index (χ2v) is 7.51. The average molecular weight is 321 g/mol. The molecular formula is C17H28BNO2S. The van der Waals surface area contributed by atoms with Crippen molar-refractivity contribution in [3.05, 3.63) is 27.8 Å². The summed E-state index contributed by atoms with van der Waals surface area (Å²) in [5, 5.41) is 0. The summed E-state index contributed by atoms with van der Waals surface area (Å²) in [5.41, 5.74) is 12.5. The summed E-state index contributed by atoms with van der Waals surface area (Å²) < 4.78 is 12.5. The zero-order valence-electron chi connectivity index (χ0n) is 14.8. The van der Waals surface area contributed by atoms with Crippen molar-refractivity contribution in [1.82, 2.24) is 0 Å². The monoisotopic (exact) mass is 321 g/mol. The minimum Gasteiger partial charge on any atom is -0.399 e. The Labute approximate surface area is 140 Å². The third-order valence-corrected chi connectivity index (χ3v) is 5.79. The van der Waals surface area contributed by atoms with Crippen LogP contribution in [0.5, 0.6) is 0 Å². The molecule has 3 nitrogen and oxygen atoms in total. The second kappa shape index (κ2) is 5.86. The molecule has 1 aliphatic heterocycles. The lowest BCUT2D eigenvalue weighted by molar-refractivity contribution is 0.00578. The maximum Gasteiger partial charge on any atom is 0.495 e. The maximum atomic E-state index is 6.26. The molecule has 1 heterocycles. The number of benzene rings is 1. The zero-order valence-corrected chi connectivity index (χ0v) is 15.7. The van der Waals surface area contributed by atoms with Crippen LogP contribution in [0.3, 0.4) is 0 Å². The standard InChI is InChI=1S/C17H28BNO2S/c1-10-13(8-19)11(2)15(12(3)14(10)9-22)18-20-16(4,5)17(6,7)21-18/h22H,8-9,19H2,1-7H3. The van der Waals surface area contributed by atoms with Gasteiger partial charge in [0.2, 0.25) is 0 Å². The Hall–Kier alpha value is -0.485. The number of nitrogens with two attached hydrogens (primary N) is 1. The summed E-state index contributed by atoms with van der Waals surface area (Å²) in [6.45, 7) is 15.2. The number of rotatable bonds is 3. The van der Waals surface area contributed by atoms with E-state index in [0.717, 1.165) is 5.46 Å². The molecule has 0 amide bonds. The van der Waals surface area contributed by atoms with Crippen molar-refractivity contribution < 1.29 is 9.31 Å². The molecule has 1 aromatic carbocycles. The van der Waals surface area contributed by atoms with Crippen molar-refractivity contribution >= 4 is 25.2 Å². The fourth-order valence-electron chi connectivity index (χ4n) is 3.21. The van der Waals surface area contributed by atoms with Crippen molar-refractivity contribution in [2.24, 2.45) is 5.73 Å². The minimum absolute atomic E-state index is 0.342. The van der Waals surface area contributed by atoms with E-state index in [9.17, 15) is 0 Å². The van der Waals surface area contributed by atoms with Gasteiger partial charge in [-0.25, -0.2) is 0 Å². The molecule has 0 saturated carbocycles. The molecule has 0 radical (unpaired) electrons. The molecule has 0 spiro atoms. The molecule has 1 aliphatic rings. The van der Waals surface area contributed by atoms with E-state index in [1.54, 1.807) is 0 Å². The SMILES string of the molecule is Cc1c(CN)c(C)c(B2OC(C)(C)C(C)(C)O2)c(C)c1CS. The van der Waals surface area contributed by atoms with Gasteiger partial charge in [0.05, 0.1) is 11.2 Å². The summed E-state index contributed by atoms with van der Waals surface area (Å²) in [6, 6.07) is 0. The van der Waals surface area contributed by atoms with Crippen LogP contribution in [-0.4, -0.2) is 18.3 Å². The fraction of sp³-hybridized carbons (Fsp3) is 0.647. The predicted octanol–water partition coefficient (Wildman–Crippen LogP) is 2.80. The van der Waals surface area contributed by atoms with Crippen molar-refractivity contribution in [3.63, 3.8) is 0 Å². The Bertz CT molecular complexity index is 552. The number of thiol groups is 1. The Morgan fingerprint density at radius 1 is 0.909 bits per heavy atom. The normalized spacial score (nSPS) is 19.8. The highest BCUT2D eigenvalue weighted by atomic mass is 32.1. The highest BCUT2D eigenvalue weighted by Crippen LogP contribution is 2.37. The Balaban J connectivity index is 2.62. The highest BCUT2D eigenvalue weighted by molar-refractivity contribution is 7.79. The van der Waals surface area contributed by atoms with E-state index >= 15 is 0 Å². The molecule has 5 heteroatoms. The number of hydrogen-bond acceptors (Lipinski definition) is 4. The van der Waals surface area contributed by atoms with E-state index in [1.165, 1.54) is 27.8 Å². The van der Waals surface area contributed by atoms with Crippen molar-refractivity contribution in [2.75, 3.05) is 0 Å². The van der Waals surface area contributed by atoms with Gasteiger partial charge in [0.1, 0.15) is 0 Å². The molecule has 2 rings (SSSR count). The highest BCUT2D eigenvalue weighted by Gasteiger charge is 2.52. The summed E-state index contributed by atoms with van der Waals surface area (Å²) in [5.74, 6) is 0.692. The van der Waals surface area contributed by atoms with Gasteiger partial charge in [-0.2, -0.15) is 12.6 Å². The van der Waals surface area contributed by atoms with E-state index in [2.05, 4.69) is 61.1 Å². The van der Waals surface area contributed by atoms with Crippen LogP contribution in [0.4, 0.5) is 0 Å². The van der Waals surface area contributed by atoms with Crippen LogP contribution in [-0.2, 0) is 21.6 Å². The first-order chi connectivity index (χ1) is 10.1. The third kappa shape index (κ3) is 2.62. The van der Waals surface area contributed by atoms with Crippen molar-refractivity contribution in [2.45, 2.75) is 72.0 Å². The van der Waals surface area contributed by atoms with Crippen LogP contribution in [0, 0.1) is 20.8 Å². The Morgan fingerprint density at radius 2 is 1.36 bits per heavy atom. The van der Waals surface area contributed by atoms with Gasteiger partial charge in [0.15, 0.2) is 0 Å². The molecule has 1 saturated heterocycles. The molecule has 1 fully saturated rings. The molecular weight excluding hydrogens is 293 g/mol. The zero-order chi connectivity index (χ0) is 16.9. The van der Waals surface area contributed by atoms with E-state index in [4.69, 9.17) is 15.0 Å². The van der Waals surface area contributed by atoms with Crippen LogP contribution in [0.15, 0.2) is 0 Å². The summed E-state index contributed by atoms with van der Waals surface area (Å²) in [6.07, 6.45) is 0. The predicted molar refractivity (Wildman–Crippen MR) is 97.0 cm³/mol. The van der Waals surface area contributed by atoms with Gasteiger partial charge in [-0.15, -0.1) is 0 Å². The second-order valence-electron chi connectivity index (χ2n) is 7.20. The van der Waals surface area contributed by atoms with Crippen LogP contribution in [0.1, 0.15) is 55.5 Å². The van der Waals surface area contributed by atoms with Crippen LogP contribution in [0.25, 0.3) is 0 Å². The molecule has 0 atom stereocenters. The van der Waals surface area contributed by atoms with Gasteiger partial charge in [-0.3, -0.25) is 0 Å². The van der Waals surface area contributed by atoms with Gasteiger partial charge in [0.25, 0.3) is 0 Å². The van der Waals surface area contributed by atoms with Crippen molar-refractivity contribution in [3.8, 4) is 0 Å². The Kier molecular flexibility index (Phi) is 4.76. The van der Waals surface area contributed by atoms with Crippen LogP contribution < -0.4 is 11.2 Å². The van der Waals surface area contributed by atoms with Crippen LogP contribution >= 0.6 is 12.6 Å². The molecule has 1 aromatic rings. The lowest BCUT2D eigenvalue weighted by Crippen LogP contribution is -2.41. The number of hydrogen-bond donors (Lipinski definition) is 2.